The van der Waals surface area contributed by atoms with Gasteiger partial charge in [-0.15, -0.1) is 0 Å². The van der Waals surface area contributed by atoms with Crippen LogP contribution in [0.2, 0.25) is 0 Å². The molecule has 0 saturated carbocycles. The summed E-state index contributed by atoms with van der Waals surface area (Å²) < 4.78 is 3.94. The maximum absolute atomic E-state index is 9.21. The zero-order valence-electron chi connectivity index (χ0n) is 22.0. The van der Waals surface area contributed by atoms with E-state index >= 15 is 0 Å². The van der Waals surface area contributed by atoms with Crippen LogP contribution in [0.25, 0.3) is 45.0 Å². The van der Waals surface area contributed by atoms with Gasteiger partial charge in [0.05, 0.1) is 48.6 Å². The first-order valence-electron chi connectivity index (χ1n) is 13.0. The minimum atomic E-state index is 0.0860. The topological polar surface area (TPSA) is 102 Å². The van der Waals surface area contributed by atoms with E-state index in [-0.39, 0.29) is 13.2 Å². The molecule has 6 rings (SSSR count). The summed E-state index contributed by atoms with van der Waals surface area (Å²) in [6.45, 7) is 1.22. The Balaban J connectivity index is 0.000000161. The van der Waals surface area contributed by atoms with Crippen molar-refractivity contribution in [1.82, 2.24) is 29.1 Å². The first-order chi connectivity index (χ1) is 19.8. The molecule has 0 saturated heterocycles. The van der Waals surface area contributed by atoms with Crippen LogP contribution >= 0.6 is 0 Å². The normalized spacial score (nSPS) is 10.7. The van der Waals surface area contributed by atoms with Gasteiger partial charge in [-0.1, -0.05) is 60.7 Å². The molecule has 2 N–H and O–H groups in total. The Labute approximate surface area is 232 Å². The van der Waals surface area contributed by atoms with Crippen molar-refractivity contribution < 1.29 is 10.2 Å². The number of aromatic nitrogens is 6. The Bertz CT molecular complexity index is 1480. The lowest BCUT2D eigenvalue weighted by Crippen LogP contribution is -2.02. The van der Waals surface area contributed by atoms with Crippen molar-refractivity contribution in [2.75, 3.05) is 13.2 Å². The van der Waals surface area contributed by atoms with E-state index in [2.05, 4.69) is 19.9 Å². The molecule has 0 bridgehead atoms. The zero-order valence-corrected chi connectivity index (χ0v) is 22.0. The highest BCUT2D eigenvalue weighted by Crippen LogP contribution is 2.31. The molecule has 4 heterocycles. The van der Waals surface area contributed by atoms with Crippen LogP contribution in [-0.2, 0) is 13.1 Å². The van der Waals surface area contributed by atoms with Crippen LogP contribution in [0.1, 0.15) is 0 Å². The van der Waals surface area contributed by atoms with Gasteiger partial charge in [0.1, 0.15) is 0 Å². The van der Waals surface area contributed by atoms with Gasteiger partial charge in [0, 0.05) is 60.1 Å². The van der Waals surface area contributed by atoms with Crippen molar-refractivity contribution in [3.8, 4) is 45.0 Å². The van der Waals surface area contributed by atoms with Crippen LogP contribution in [0.15, 0.2) is 122 Å². The molecule has 0 aliphatic heterocycles. The van der Waals surface area contributed by atoms with E-state index in [0.717, 1.165) is 45.0 Å². The number of pyridine rings is 2. The van der Waals surface area contributed by atoms with E-state index < -0.39 is 0 Å². The molecule has 0 aliphatic rings. The fraction of sp³-hybridized carbons (Fsp3) is 0.125. The van der Waals surface area contributed by atoms with Crippen LogP contribution in [-0.4, -0.2) is 52.5 Å². The Morgan fingerprint density at radius 1 is 0.475 bits per heavy atom. The SMILES string of the molecule is OCCn1cnc(-c2ccccc2)c1-c1ccncc1.OCCn1cnc(-c2ccccc2)c1-c1ccncc1. The average molecular weight is 531 g/mol. The number of benzene rings is 2. The average Bonchev–Trinajstić information content (AvgIpc) is 3.64. The largest absolute Gasteiger partial charge is 0.395 e. The minimum Gasteiger partial charge on any atom is -0.395 e. The Morgan fingerprint density at radius 2 is 0.850 bits per heavy atom. The van der Waals surface area contributed by atoms with E-state index in [1.165, 1.54) is 0 Å². The first-order valence-corrected chi connectivity index (χ1v) is 13.0. The summed E-state index contributed by atoms with van der Waals surface area (Å²) in [6, 6.07) is 27.9. The lowest BCUT2D eigenvalue weighted by Gasteiger charge is -2.09. The second-order valence-corrected chi connectivity index (χ2v) is 8.92. The number of hydrogen-bond donors (Lipinski definition) is 2. The lowest BCUT2D eigenvalue weighted by atomic mass is 10.1. The summed E-state index contributed by atoms with van der Waals surface area (Å²) in [7, 11) is 0. The Kier molecular flexibility index (Phi) is 8.83. The molecule has 2 aromatic carbocycles. The van der Waals surface area contributed by atoms with Gasteiger partial charge in [-0.25, -0.2) is 9.97 Å². The molecule has 0 radical (unpaired) electrons. The first kappa shape index (κ1) is 26.7. The van der Waals surface area contributed by atoms with Crippen LogP contribution in [0.5, 0.6) is 0 Å². The van der Waals surface area contributed by atoms with Gasteiger partial charge < -0.3 is 19.3 Å². The second-order valence-electron chi connectivity index (χ2n) is 8.92. The Morgan fingerprint density at radius 3 is 1.20 bits per heavy atom. The quantitative estimate of drug-likeness (QED) is 0.280. The molecular weight excluding hydrogens is 500 g/mol. The van der Waals surface area contributed by atoms with E-state index in [1.54, 1.807) is 37.4 Å². The van der Waals surface area contributed by atoms with Crippen LogP contribution in [0.3, 0.4) is 0 Å². The third-order valence-electron chi connectivity index (χ3n) is 6.36. The smallest absolute Gasteiger partial charge is 0.0963 e. The molecule has 0 fully saturated rings. The van der Waals surface area contributed by atoms with Gasteiger partial charge >= 0.3 is 0 Å². The fourth-order valence-electron chi connectivity index (χ4n) is 4.56. The van der Waals surface area contributed by atoms with Gasteiger partial charge in [-0.05, 0) is 24.3 Å². The number of rotatable bonds is 8. The zero-order chi connectivity index (χ0) is 27.6. The molecule has 0 aliphatic carbocycles. The lowest BCUT2D eigenvalue weighted by molar-refractivity contribution is 0.276. The van der Waals surface area contributed by atoms with Gasteiger partial charge in [-0.2, -0.15) is 0 Å². The number of nitrogens with zero attached hydrogens (tertiary/aromatic N) is 6. The van der Waals surface area contributed by atoms with Crippen LogP contribution in [0.4, 0.5) is 0 Å². The molecular formula is C32H30N6O2. The number of aliphatic hydroxyl groups excluding tert-OH is 2. The molecule has 200 valence electrons. The maximum Gasteiger partial charge on any atom is 0.0963 e. The Hall–Kier alpha value is -4.92. The molecule has 0 spiro atoms. The molecule has 0 amide bonds. The highest BCUT2D eigenvalue weighted by atomic mass is 16.3. The summed E-state index contributed by atoms with van der Waals surface area (Å²) >= 11 is 0. The van der Waals surface area contributed by atoms with Gasteiger partial charge in [0.15, 0.2) is 0 Å². The van der Waals surface area contributed by atoms with Gasteiger partial charge in [0.25, 0.3) is 0 Å². The number of hydrogen-bond acceptors (Lipinski definition) is 6. The van der Waals surface area contributed by atoms with E-state index in [0.29, 0.717) is 13.1 Å². The van der Waals surface area contributed by atoms with Crippen molar-refractivity contribution in [3.63, 3.8) is 0 Å². The summed E-state index contributed by atoms with van der Waals surface area (Å²) in [4.78, 5) is 17.1. The van der Waals surface area contributed by atoms with Crippen molar-refractivity contribution in [2.45, 2.75) is 13.1 Å². The van der Waals surface area contributed by atoms with Crippen LogP contribution in [0, 0.1) is 0 Å². The molecule has 0 unspecified atom stereocenters. The molecule has 0 atom stereocenters. The molecule has 8 nitrogen and oxygen atoms in total. The highest BCUT2D eigenvalue weighted by molar-refractivity contribution is 5.79. The van der Waals surface area contributed by atoms with Crippen molar-refractivity contribution >= 4 is 0 Å². The third-order valence-corrected chi connectivity index (χ3v) is 6.36. The predicted molar refractivity (Wildman–Crippen MR) is 156 cm³/mol. The van der Waals surface area contributed by atoms with Gasteiger partial charge in [-0.3, -0.25) is 9.97 Å². The molecule has 8 heteroatoms. The summed E-state index contributed by atoms with van der Waals surface area (Å²) in [5.41, 5.74) is 8.08. The number of aliphatic hydroxyl groups is 2. The van der Waals surface area contributed by atoms with Crippen molar-refractivity contribution in [3.05, 3.63) is 122 Å². The third kappa shape index (κ3) is 6.04. The van der Waals surface area contributed by atoms with Gasteiger partial charge in [0.2, 0.25) is 0 Å². The van der Waals surface area contributed by atoms with Crippen LogP contribution < -0.4 is 0 Å². The summed E-state index contributed by atoms with van der Waals surface area (Å²) in [5, 5.41) is 18.4. The predicted octanol–water partition coefficient (Wildman–Crippen LogP) is 5.21. The maximum atomic E-state index is 9.21. The number of imidazole rings is 2. The summed E-state index contributed by atoms with van der Waals surface area (Å²) in [6.07, 6.45) is 10.6. The standard InChI is InChI=1S/2C16H15N3O/c2*20-11-10-19-12-18-15(13-4-2-1-3-5-13)16(19)14-6-8-17-9-7-14/h2*1-9,12,20H,10-11H2. The van der Waals surface area contributed by atoms with E-state index in [4.69, 9.17) is 0 Å². The second kappa shape index (κ2) is 13.2. The van der Waals surface area contributed by atoms with Crippen molar-refractivity contribution in [2.24, 2.45) is 0 Å². The molecule has 40 heavy (non-hydrogen) atoms. The fourth-order valence-corrected chi connectivity index (χ4v) is 4.56. The summed E-state index contributed by atoms with van der Waals surface area (Å²) in [5.74, 6) is 0. The van der Waals surface area contributed by atoms with Crippen molar-refractivity contribution in [1.29, 1.82) is 0 Å². The van der Waals surface area contributed by atoms with E-state index in [1.807, 2.05) is 94.1 Å². The monoisotopic (exact) mass is 530 g/mol. The highest BCUT2D eigenvalue weighted by Gasteiger charge is 2.15. The van der Waals surface area contributed by atoms with E-state index in [9.17, 15) is 10.2 Å². The molecule has 6 aromatic rings. The molecule has 4 aromatic heterocycles. The minimum absolute atomic E-state index is 0.0860.